The van der Waals surface area contributed by atoms with E-state index in [0.717, 1.165) is 43.8 Å². The molecule has 1 aromatic rings. The topological polar surface area (TPSA) is 58.7 Å². The van der Waals surface area contributed by atoms with Gasteiger partial charge in [-0.1, -0.05) is 6.07 Å². The fourth-order valence-corrected chi connectivity index (χ4v) is 2.81. The van der Waals surface area contributed by atoms with Gasteiger partial charge in [0, 0.05) is 25.2 Å². The minimum atomic E-state index is -0.554. The van der Waals surface area contributed by atoms with E-state index in [9.17, 15) is 5.11 Å². The molecule has 0 bridgehead atoms. The third-order valence-corrected chi connectivity index (χ3v) is 3.72. The highest BCUT2D eigenvalue weighted by Gasteiger charge is 2.28. The maximum atomic E-state index is 10.1. The normalized spacial score (nSPS) is 24.4. The van der Waals surface area contributed by atoms with Crippen molar-refractivity contribution in [3.63, 3.8) is 0 Å². The number of rotatable bonds is 4. The molecule has 1 saturated heterocycles. The lowest BCUT2D eigenvalue weighted by Gasteiger charge is -2.36. The molecule has 1 aliphatic rings. The Hall–Kier alpha value is -1.10. The van der Waals surface area contributed by atoms with Gasteiger partial charge < -0.3 is 15.6 Å². The molecular formula is C15H24N2O2. The average molecular weight is 264 g/mol. The van der Waals surface area contributed by atoms with Crippen molar-refractivity contribution in [3.8, 4) is 5.75 Å². The first-order valence-corrected chi connectivity index (χ1v) is 6.85. The Bertz CT molecular complexity index is 432. The minimum absolute atomic E-state index is 0.481. The van der Waals surface area contributed by atoms with Crippen LogP contribution in [0.4, 0.5) is 0 Å². The quantitative estimate of drug-likeness (QED) is 0.865. The van der Waals surface area contributed by atoms with Gasteiger partial charge in [0.2, 0.25) is 0 Å². The molecule has 1 aliphatic heterocycles. The van der Waals surface area contributed by atoms with Gasteiger partial charge >= 0.3 is 0 Å². The van der Waals surface area contributed by atoms with E-state index in [1.54, 1.807) is 7.11 Å². The van der Waals surface area contributed by atoms with E-state index in [2.05, 4.69) is 17.0 Å². The second-order valence-corrected chi connectivity index (χ2v) is 5.66. The predicted octanol–water partition coefficient (Wildman–Crippen LogP) is 1.50. The van der Waals surface area contributed by atoms with Gasteiger partial charge in [0.15, 0.2) is 0 Å². The number of methoxy groups -OCH3 is 1. The summed E-state index contributed by atoms with van der Waals surface area (Å²) in [5.74, 6) is 0.844. The molecule has 4 heteroatoms. The van der Waals surface area contributed by atoms with E-state index in [4.69, 9.17) is 10.5 Å². The van der Waals surface area contributed by atoms with Crippen LogP contribution in [0.15, 0.2) is 18.2 Å². The highest BCUT2D eigenvalue weighted by Crippen LogP contribution is 2.24. The van der Waals surface area contributed by atoms with Gasteiger partial charge in [0.1, 0.15) is 5.75 Å². The Balaban J connectivity index is 2.06. The van der Waals surface area contributed by atoms with Crippen molar-refractivity contribution in [3.05, 3.63) is 29.3 Å². The van der Waals surface area contributed by atoms with Crippen LogP contribution in [0.3, 0.4) is 0 Å². The van der Waals surface area contributed by atoms with Crippen LogP contribution in [-0.2, 0) is 13.1 Å². The molecule has 0 aliphatic carbocycles. The second kappa shape index (κ2) is 5.90. The van der Waals surface area contributed by atoms with Gasteiger partial charge in [0.05, 0.1) is 12.7 Å². The third-order valence-electron chi connectivity index (χ3n) is 3.72. The molecule has 4 nitrogen and oxygen atoms in total. The maximum absolute atomic E-state index is 10.1. The fraction of sp³-hybridized carbons (Fsp3) is 0.600. The van der Waals surface area contributed by atoms with Crippen LogP contribution in [0.25, 0.3) is 0 Å². The second-order valence-electron chi connectivity index (χ2n) is 5.66. The van der Waals surface area contributed by atoms with Crippen LogP contribution in [0.1, 0.15) is 30.9 Å². The Morgan fingerprint density at radius 3 is 2.89 bits per heavy atom. The number of nitrogens with zero attached hydrogens (tertiary/aromatic N) is 1. The summed E-state index contributed by atoms with van der Waals surface area (Å²) in [7, 11) is 1.66. The molecule has 1 aromatic carbocycles. The van der Waals surface area contributed by atoms with E-state index in [1.807, 2.05) is 13.0 Å². The molecular weight excluding hydrogens is 240 g/mol. The van der Waals surface area contributed by atoms with E-state index >= 15 is 0 Å². The van der Waals surface area contributed by atoms with Gasteiger partial charge in [0.25, 0.3) is 0 Å². The molecule has 0 radical (unpaired) electrons. The summed E-state index contributed by atoms with van der Waals surface area (Å²) in [6, 6.07) is 6.14. The van der Waals surface area contributed by atoms with Crippen LogP contribution in [0, 0.1) is 0 Å². The van der Waals surface area contributed by atoms with Crippen LogP contribution in [-0.4, -0.2) is 35.8 Å². The first-order chi connectivity index (χ1) is 9.04. The van der Waals surface area contributed by atoms with Crippen molar-refractivity contribution in [1.29, 1.82) is 0 Å². The molecule has 106 valence electrons. The summed E-state index contributed by atoms with van der Waals surface area (Å²) in [6.07, 6.45) is 1.94. The monoisotopic (exact) mass is 264 g/mol. The first-order valence-electron chi connectivity index (χ1n) is 6.85. The summed E-state index contributed by atoms with van der Waals surface area (Å²) in [4.78, 5) is 2.30. The number of piperidine rings is 1. The Kier molecular flexibility index (Phi) is 4.45. The average Bonchev–Trinajstić information content (AvgIpc) is 2.37. The van der Waals surface area contributed by atoms with Crippen molar-refractivity contribution >= 4 is 0 Å². The molecule has 19 heavy (non-hydrogen) atoms. The summed E-state index contributed by atoms with van der Waals surface area (Å²) in [5, 5.41) is 10.1. The zero-order chi connectivity index (χ0) is 13.9. The smallest absolute Gasteiger partial charge is 0.123 e. The summed E-state index contributed by atoms with van der Waals surface area (Å²) >= 11 is 0. The number of benzene rings is 1. The molecule has 0 amide bonds. The van der Waals surface area contributed by atoms with Crippen molar-refractivity contribution in [2.45, 2.75) is 38.5 Å². The molecule has 0 saturated carbocycles. The minimum Gasteiger partial charge on any atom is -0.496 e. The number of ether oxygens (including phenoxy) is 1. The number of hydrogen-bond acceptors (Lipinski definition) is 4. The van der Waals surface area contributed by atoms with Crippen LogP contribution >= 0.6 is 0 Å². The Labute approximate surface area is 115 Å². The SMILES string of the molecule is COc1ccc(CN2CCCC(C)(O)C2)cc1CN. The van der Waals surface area contributed by atoms with Gasteiger partial charge in [-0.3, -0.25) is 4.90 Å². The molecule has 0 spiro atoms. The Morgan fingerprint density at radius 2 is 2.26 bits per heavy atom. The molecule has 3 N–H and O–H groups in total. The first kappa shape index (κ1) is 14.3. The number of aliphatic hydroxyl groups is 1. The third kappa shape index (κ3) is 3.69. The number of likely N-dealkylation sites (tertiary alicyclic amines) is 1. The van der Waals surface area contributed by atoms with E-state index in [-0.39, 0.29) is 0 Å². The van der Waals surface area contributed by atoms with Crippen molar-refractivity contribution in [2.75, 3.05) is 20.2 Å². The van der Waals surface area contributed by atoms with Gasteiger partial charge in [-0.25, -0.2) is 0 Å². The molecule has 2 rings (SSSR count). The summed E-state index contributed by atoms with van der Waals surface area (Å²) in [5.41, 5.74) is 7.44. The summed E-state index contributed by atoms with van der Waals surface area (Å²) < 4.78 is 5.28. The van der Waals surface area contributed by atoms with Crippen molar-refractivity contribution < 1.29 is 9.84 Å². The largest absolute Gasteiger partial charge is 0.496 e. The lowest BCUT2D eigenvalue weighted by molar-refractivity contribution is -0.0181. The van der Waals surface area contributed by atoms with Gasteiger partial charge in [-0.2, -0.15) is 0 Å². The number of β-amino-alcohol motifs (C(OH)–C–C–N with tert-alkyl or cyclic N) is 1. The molecule has 1 atom stereocenters. The van der Waals surface area contributed by atoms with Crippen LogP contribution < -0.4 is 10.5 Å². The van der Waals surface area contributed by atoms with E-state index in [1.165, 1.54) is 5.56 Å². The molecule has 0 aromatic heterocycles. The predicted molar refractivity (Wildman–Crippen MR) is 76.0 cm³/mol. The molecule has 1 heterocycles. The van der Waals surface area contributed by atoms with Gasteiger partial charge in [-0.15, -0.1) is 0 Å². The fourth-order valence-electron chi connectivity index (χ4n) is 2.81. The maximum Gasteiger partial charge on any atom is 0.123 e. The van der Waals surface area contributed by atoms with Crippen molar-refractivity contribution in [1.82, 2.24) is 4.90 Å². The molecule has 1 unspecified atom stereocenters. The lowest BCUT2D eigenvalue weighted by Crippen LogP contribution is -2.45. The van der Waals surface area contributed by atoms with Crippen molar-refractivity contribution in [2.24, 2.45) is 5.73 Å². The highest BCUT2D eigenvalue weighted by atomic mass is 16.5. The number of nitrogens with two attached hydrogens (primary N) is 1. The highest BCUT2D eigenvalue weighted by molar-refractivity contribution is 5.37. The van der Waals surface area contributed by atoms with Gasteiger partial charge in [-0.05, 0) is 44.0 Å². The van der Waals surface area contributed by atoms with Crippen LogP contribution in [0.5, 0.6) is 5.75 Å². The molecule has 1 fully saturated rings. The Morgan fingerprint density at radius 1 is 1.47 bits per heavy atom. The summed E-state index contributed by atoms with van der Waals surface area (Å²) in [6.45, 7) is 5.03. The standard InChI is InChI=1S/C15H24N2O2/c1-15(18)6-3-7-17(11-15)10-12-4-5-14(19-2)13(8-12)9-16/h4-5,8,18H,3,6-7,9-11,16H2,1-2H3. The van der Waals surface area contributed by atoms with E-state index in [0.29, 0.717) is 6.54 Å². The lowest BCUT2D eigenvalue weighted by atomic mass is 9.95. The number of hydrogen-bond donors (Lipinski definition) is 2. The van der Waals surface area contributed by atoms with Crippen LogP contribution in [0.2, 0.25) is 0 Å². The zero-order valence-corrected chi connectivity index (χ0v) is 11.9. The zero-order valence-electron chi connectivity index (χ0n) is 11.9. The van der Waals surface area contributed by atoms with E-state index < -0.39 is 5.60 Å².